The molecule has 0 spiro atoms. The first-order valence-corrected chi connectivity index (χ1v) is 11.6. The van der Waals surface area contributed by atoms with Gasteiger partial charge in [-0.05, 0) is 44.0 Å². The van der Waals surface area contributed by atoms with E-state index in [-0.39, 0.29) is 22.8 Å². The van der Waals surface area contributed by atoms with E-state index in [0.29, 0.717) is 30.4 Å². The minimum Gasteiger partial charge on any atom is -0.330 e. The minimum absolute atomic E-state index is 0.212. The van der Waals surface area contributed by atoms with Crippen LogP contribution in [0, 0.1) is 6.92 Å². The van der Waals surface area contributed by atoms with Gasteiger partial charge in [0, 0.05) is 32.4 Å². The molecule has 0 aliphatic carbocycles. The first-order valence-electron chi connectivity index (χ1n) is 9.01. The van der Waals surface area contributed by atoms with Crippen LogP contribution in [0.1, 0.15) is 30.6 Å². The van der Waals surface area contributed by atoms with Gasteiger partial charge in [-0.2, -0.15) is 4.31 Å². The number of nitrogens with zero attached hydrogens (tertiary/aromatic N) is 3. The van der Waals surface area contributed by atoms with Crippen molar-refractivity contribution in [2.75, 3.05) is 26.2 Å². The predicted octanol–water partition coefficient (Wildman–Crippen LogP) is 3.27. The smallest absolute Gasteiger partial charge is 0.317 e. The molecule has 1 unspecified atom stereocenters. The highest BCUT2D eigenvalue weighted by atomic mass is 35.5. The lowest BCUT2D eigenvalue weighted by molar-refractivity contribution is 0.197. The van der Waals surface area contributed by atoms with Gasteiger partial charge in [-0.1, -0.05) is 17.7 Å². The Kier molecular flexibility index (Phi) is 6.59. The zero-order valence-corrected chi connectivity index (χ0v) is 18.1. The Morgan fingerprint density at radius 1 is 1.25 bits per heavy atom. The van der Waals surface area contributed by atoms with Crippen LogP contribution in [-0.4, -0.2) is 54.8 Å². The number of rotatable bonds is 4. The van der Waals surface area contributed by atoms with E-state index in [1.54, 1.807) is 17.2 Å². The fourth-order valence-corrected chi connectivity index (χ4v) is 6.30. The maximum absolute atomic E-state index is 12.8. The summed E-state index contributed by atoms with van der Waals surface area (Å²) in [5.41, 5.74) is 1.84. The van der Waals surface area contributed by atoms with Gasteiger partial charge in [0.2, 0.25) is 0 Å². The van der Waals surface area contributed by atoms with Crippen molar-refractivity contribution < 1.29 is 13.2 Å². The van der Waals surface area contributed by atoms with Gasteiger partial charge in [0.15, 0.2) is 0 Å². The van der Waals surface area contributed by atoms with Crippen molar-refractivity contribution in [3.8, 4) is 0 Å². The lowest BCUT2D eigenvalue weighted by Gasteiger charge is -2.24. The molecule has 0 bridgehead atoms. The number of hydrogen-bond donors (Lipinski definition) is 1. The molecular formula is C18H23ClN4O3S2. The summed E-state index contributed by atoms with van der Waals surface area (Å²) in [5, 5.41) is 2.96. The summed E-state index contributed by atoms with van der Waals surface area (Å²) in [7, 11) is -3.59. The van der Waals surface area contributed by atoms with E-state index in [1.807, 2.05) is 26.0 Å². The number of pyridine rings is 1. The molecule has 0 saturated carbocycles. The van der Waals surface area contributed by atoms with Crippen LogP contribution in [0.3, 0.4) is 0 Å². The van der Waals surface area contributed by atoms with Crippen LogP contribution >= 0.6 is 22.9 Å². The van der Waals surface area contributed by atoms with Crippen LogP contribution in [0.2, 0.25) is 4.34 Å². The van der Waals surface area contributed by atoms with Crippen molar-refractivity contribution in [2.45, 2.75) is 30.5 Å². The van der Waals surface area contributed by atoms with Crippen LogP contribution in [0.5, 0.6) is 0 Å². The minimum atomic E-state index is -3.59. The van der Waals surface area contributed by atoms with E-state index in [2.05, 4.69) is 10.3 Å². The summed E-state index contributed by atoms with van der Waals surface area (Å²) in [6.45, 7) is 5.30. The second-order valence-corrected chi connectivity index (χ2v) is 10.6. The molecule has 1 aliphatic rings. The Morgan fingerprint density at radius 2 is 2.04 bits per heavy atom. The number of nitrogens with one attached hydrogen (secondary N) is 1. The van der Waals surface area contributed by atoms with Crippen LogP contribution < -0.4 is 5.32 Å². The predicted molar refractivity (Wildman–Crippen MR) is 110 cm³/mol. The van der Waals surface area contributed by atoms with Crippen LogP contribution in [0.25, 0.3) is 0 Å². The molecule has 2 aromatic rings. The molecular weight excluding hydrogens is 420 g/mol. The SMILES string of the molecule is Cc1cccnc1C(C)NC(=O)N1CCCN(S(=O)(=O)c2ccc(Cl)s2)CC1. The van der Waals surface area contributed by atoms with E-state index >= 15 is 0 Å². The zero-order valence-electron chi connectivity index (χ0n) is 15.8. The lowest BCUT2D eigenvalue weighted by Crippen LogP contribution is -2.43. The van der Waals surface area contributed by atoms with E-state index in [0.717, 1.165) is 22.6 Å². The van der Waals surface area contributed by atoms with Crippen molar-refractivity contribution in [1.82, 2.24) is 19.5 Å². The highest BCUT2D eigenvalue weighted by Crippen LogP contribution is 2.28. The number of hydrogen-bond acceptors (Lipinski definition) is 5. The Bertz CT molecular complexity index is 948. The first kappa shape index (κ1) is 21.0. The molecule has 152 valence electrons. The molecule has 7 nitrogen and oxygen atoms in total. The first-order chi connectivity index (χ1) is 13.3. The summed E-state index contributed by atoms with van der Waals surface area (Å²) in [6, 6.07) is 6.47. The fourth-order valence-electron chi connectivity index (χ4n) is 3.20. The van der Waals surface area contributed by atoms with Gasteiger partial charge in [0.25, 0.3) is 10.0 Å². The van der Waals surface area contributed by atoms with Gasteiger partial charge in [-0.3, -0.25) is 4.98 Å². The summed E-state index contributed by atoms with van der Waals surface area (Å²) in [6.07, 6.45) is 2.28. The number of carbonyl (C=O) groups is 1. The average molecular weight is 443 g/mol. The van der Waals surface area contributed by atoms with Gasteiger partial charge < -0.3 is 10.2 Å². The Hall–Kier alpha value is -1.68. The number of sulfonamides is 1. The third-order valence-electron chi connectivity index (χ3n) is 4.68. The Balaban J connectivity index is 1.63. The molecule has 2 aromatic heterocycles. The maximum Gasteiger partial charge on any atom is 0.317 e. The van der Waals surface area contributed by atoms with Gasteiger partial charge >= 0.3 is 6.03 Å². The number of urea groups is 1. The Labute approximate surface area is 174 Å². The number of aromatic nitrogens is 1. The molecule has 1 fully saturated rings. The number of aryl methyl sites for hydroxylation is 1. The fraction of sp³-hybridized carbons (Fsp3) is 0.444. The highest BCUT2D eigenvalue weighted by Gasteiger charge is 2.29. The molecule has 10 heteroatoms. The average Bonchev–Trinajstić information content (AvgIpc) is 2.94. The standard InChI is InChI=1S/C18H23ClN4O3S2/c1-13-5-3-8-20-17(13)14(2)21-18(24)22-9-4-10-23(12-11-22)28(25,26)16-7-6-15(19)27-16/h3,5-8,14H,4,9-12H2,1-2H3,(H,21,24). The number of carbonyl (C=O) groups excluding carboxylic acids is 1. The maximum atomic E-state index is 12.8. The molecule has 0 aromatic carbocycles. The van der Waals surface area contributed by atoms with Crippen molar-refractivity contribution >= 4 is 39.0 Å². The summed E-state index contributed by atoms with van der Waals surface area (Å²) in [4.78, 5) is 18.7. The van der Waals surface area contributed by atoms with Crippen LogP contribution in [-0.2, 0) is 10.0 Å². The molecule has 1 N–H and O–H groups in total. The van der Waals surface area contributed by atoms with Gasteiger partial charge in [0.1, 0.15) is 4.21 Å². The highest BCUT2D eigenvalue weighted by molar-refractivity contribution is 7.91. The normalized spacial score (nSPS) is 17.2. The third kappa shape index (κ3) is 4.65. The third-order valence-corrected chi connectivity index (χ3v) is 8.28. The number of halogens is 1. The van der Waals surface area contributed by atoms with E-state index in [1.165, 1.54) is 10.4 Å². The van der Waals surface area contributed by atoms with Crippen LogP contribution in [0.15, 0.2) is 34.7 Å². The summed E-state index contributed by atoms with van der Waals surface area (Å²) < 4.78 is 27.7. The molecule has 1 saturated heterocycles. The largest absolute Gasteiger partial charge is 0.330 e. The molecule has 3 rings (SSSR count). The lowest BCUT2D eigenvalue weighted by atomic mass is 10.1. The van der Waals surface area contributed by atoms with Gasteiger partial charge in [-0.15, -0.1) is 11.3 Å². The van der Waals surface area contributed by atoms with Gasteiger partial charge in [0.05, 0.1) is 16.1 Å². The number of amides is 2. The molecule has 3 heterocycles. The van der Waals surface area contributed by atoms with E-state index in [4.69, 9.17) is 11.6 Å². The zero-order chi connectivity index (χ0) is 20.3. The molecule has 1 aliphatic heterocycles. The monoisotopic (exact) mass is 442 g/mol. The molecule has 1 atom stereocenters. The molecule has 28 heavy (non-hydrogen) atoms. The van der Waals surface area contributed by atoms with E-state index in [9.17, 15) is 13.2 Å². The van der Waals surface area contributed by atoms with Gasteiger partial charge in [-0.25, -0.2) is 13.2 Å². The molecule has 0 radical (unpaired) electrons. The van der Waals surface area contributed by atoms with Crippen molar-refractivity contribution in [3.63, 3.8) is 0 Å². The second kappa shape index (κ2) is 8.77. The Morgan fingerprint density at radius 3 is 2.71 bits per heavy atom. The second-order valence-electron chi connectivity index (χ2n) is 6.68. The van der Waals surface area contributed by atoms with Crippen LogP contribution in [0.4, 0.5) is 4.79 Å². The molecule has 2 amide bonds. The summed E-state index contributed by atoms with van der Waals surface area (Å²) >= 11 is 6.93. The quantitative estimate of drug-likeness (QED) is 0.787. The van der Waals surface area contributed by atoms with E-state index < -0.39 is 10.0 Å². The van der Waals surface area contributed by atoms with Crippen molar-refractivity contribution in [3.05, 3.63) is 46.1 Å². The number of thiophene rings is 1. The summed E-state index contributed by atoms with van der Waals surface area (Å²) in [5.74, 6) is 0. The van der Waals surface area contributed by atoms with Crippen molar-refractivity contribution in [1.29, 1.82) is 0 Å². The topological polar surface area (TPSA) is 82.6 Å². The van der Waals surface area contributed by atoms with Crippen molar-refractivity contribution in [2.24, 2.45) is 0 Å².